The third kappa shape index (κ3) is 7.54. The average Bonchev–Trinajstić information content (AvgIpc) is 3.84. The maximum atomic E-state index is 11.6. The highest BCUT2D eigenvalue weighted by molar-refractivity contribution is 5.75. The zero-order chi connectivity index (χ0) is 35.9. The van der Waals surface area contributed by atoms with Crippen molar-refractivity contribution in [3.8, 4) is 5.75 Å². The molecule has 2 aliphatic rings. The zero-order valence-corrected chi connectivity index (χ0v) is 29.2. The number of esters is 2. The molecule has 0 fully saturated rings. The number of anilines is 3. The van der Waals surface area contributed by atoms with Gasteiger partial charge in [0.2, 0.25) is 11.5 Å². The van der Waals surface area contributed by atoms with Gasteiger partial charge in [-0.15, -0.1) is 0 Å². The van der Waals surface area contributed by atoms with Crippen molar-refractivity contribution in [3.05, 3.63) is 156 Å². The summed E-state index contributed by atoms with van der Waals surface area (Å²) in [4.78, 5) is 27.4. The van der Waals surface area contributed by atoms with E-state index in [9.17, 15) is 9.59 Å². The summed E-state index contributed by atoms with van der Waals surface area (Å²) in [6, 6.07) is 36.4. The minimum atomic E-state index is -0.318. The number of carbonyl (C=O) groups excluding carboxylic acids is 2. The SMILES string of the molecule is CC(=O)OCCN1/C(=C/C=C2\CCC(/C=C/c3oc4ccccc4[n+]3CCOC(C)=O)=C2N(c2ccccc2)c2ccccc2)Oc2ccccc21. The van der Waals surface area contributed by atoms with Crippen LogP contribution in [0.4, 0.5) is 17.1 Å². The fraction of sp³-hybridized carbons (Fsp3) is 0.186. The number of carbonyl (C=O) groups is 2. The van der Waals surface area contributed by atoms with Crippen molar-refractivity contribution in [1.82, 2.24) is 0 Å². The Morgan fingerprint density at radius 3 is 2.15 bits per heavy atom. The molecule has 0 saturated carbocycles. The second-order valence-corrected chi connectivity index (χ2v) is 12.4. The number of oxazole rings is 1. The molecule has 9 heteroatoms. The van der Waals surface area contributed by atoms with Crippen LogP contribution in [0.3, 0.4) is 0 Å². The molecular weight excluding hydrogens is 654 g/mol. The fourth-order valence-electron chi connectivity index (χ4n) is 6.61. The molecule has 0 N–H and O–H groups in total. The van der Waals surface area contributed by atoms with Gasteiger partial charge in [-0.1, -0.05) is 66.7 Å². The van der Waals surface area contributed by atoms with Crippen LogP contribution in [-0.4, -0.2) is 31.7 Å². The summed E-state index contributed by atoms with van der Waals surface area (Å²) >= 11 is 0. The standard InChI is InChI=1S/C43H40N3O6/c1-31(47)49-29-27-44-37-17-9-11-19-39(37)51-41(44)25-23-33-21-22-34(43(33)46(35-13-5-3-6-14-35)36-15-7-4-8-16-36)24-26-42-45(28-30-50-32(2)48)38-18-10-12-20-40(38)52-42/h3-20,23-26H,21-22,27-30H2,1-2H3/q+1. The lowest BCUT2D eigenvalue weighted by molar-refractivity contribution is -0.679. The van der Waals surface area contributed by atoms with Gasteiger partial charge in [0.05, 0.1) is 24.0 Å². The molecule has 1 aromatic heterocycles. The van der Waals surface area contributed by atoms with Gasteiger partial charge < -0.3 is 28.4 Å². The first-order chi connectivity index (χ1) is 25.5. The van der Waals surface area contributed by atoms with Crippen LogP contribution in [0.1, 0.15) is 32.6 Å². The van der Waals surface area contributed by atoms with Crippen molar-refractivity contribution in [2.45, 2.75) is 33.2 Å². The van der Waals surface area contributed by atoms with Crippen molar-refractivity contribution in [3.63, 3.8) is 0 Å². The highest BCUT2D eigenvalue weighted by Gasteiger charge is 2.29. The average molecular weight is 695 g/mol. The van der Waals surface area contributed by atoms with Crippen molar-refractivity contribution in [2.24, 2.45) is 0 Å². The molecule has 0 unspecified atom stereocenters. The van der Waals surface area contributed by atoms with E-state index in [1.54, 1.807) is 0 Å². The molecule has 0 spiro atoms. The maximum absolute atomic E-state index is 11.6. The molecule has 262 valence electrons. The molecular formula is C43H40N3O6+. The first kappa shape index (κ1) is 34.1. The zero-order valence-electron chi connectivity index (χ0n) is 29.2. The molecule has 52 heavy (non-hydrogen) atoms. The van der Waals surface area contributed by atoms with Crippen molar-refractivity contribution in [2.75, 3.05) is 29.6 Å². The normalized spacial score (nSPS) is 15.5. The van der Waals surface area contributed by atoms with Gasteiger partial charge in [-0.25, -0.2) is 0 Å². The van der Waals surface area contributed by atoms with Crippen molar-refractivity contribution < 1.29 is 32.8 Å². The molecule has 1 aliphatic heterocycles. The molecule has 0 amide bonds. The van der Waals surface area contributed by atoms with E-state index in [0.717, 1.165) is 63.6 Å². The summed E-state index contributed by atoms with van der Waals surface area (Å²) in [5, 5.41) is 0. The Bertz CT molecular complexity index is 2160. The Hall–Kier alpha value is -6.35. The van der Waals surface area contributed by atoms with Crippen molar-refractivity contribution >= 4 is 46.2 Å². The smallest absolute Gasteiger partial charge is 0.374 e. The molecule has 0 bridgehead atoms. The topological polar surface area (TPSA) is 85.3 Å². The van der Waals surface area contributed by atoms with Crippen LogP contribution in [0.5, 0.6) is 5.75 Å². The number of nitrogens with zero attached hydrogens (tertiary/aromatic N) is 3. The Labute approximate surface area is 302 Å². The Kier molecular flexibility index (Phi) is 10.3. The van der Waals surface area contributed by atoms with E-state index in [1.165, 1.54) is 13.8 Å². The minimum Gasteiger partial charge on any atom is -0.464 e. The summed E-state index contributed by atoms with van der Waals surface area (Å²) < 4.78 is 25.3. The Morgan fingerprint density at radius 2 is 1.42 bits per heavy atom. The second kappa shape index (κ2) is 15.7. The number of ether oxygens (including phenoxy) is 3. The van der Waals surface area contributed by atoms with Crippen LogP contribution in [0.2, 0.25) is 0 Å². The third-order valence-corrected chi connectivity index (χ3v) is 8.89. The highest BCUT2D eigenvalue weighted by Crippen LogP contribution is 2.43. The number of allylic oxidation sites excluding steroid dienone is 5. The summed E-state index contributed by atoms with van der Waals surface area (Å²) in [6.07, 6.45) is 9.87. The Balaban J connectivity index is 1.32. The van der Waals surface area contributed by atoms with E-state index in [4.69, 9.17) is 18.6 Å². The van der Waals surface area contributed by atoms with Crippen molar-refractivity contribution in [1.29, 1.82) is 0 Å². The highest BCUT2D eigenvalue weighted by atomic mass is 16.5. The third-order valence-electron chi connectivity index (χ3n) is 8.89. The van der Waals surface area contributed by atoms with E-state index in [2.05, 4.69) is 41.3 Å². The van der Waals surface area contributed by atoms with Crippen LogP contribution in [0, 0.1) is 0 Å². The first-order valence-electron chi connectivity index (χ1n) is 17.4. The summed E-state index contributed by atoms with van der Waals surface area (Å²) in [5.74, 6) is 1.44. The van der Waals surface area contributed by atoms with Gasteiger partial charge in [0.25, 0.3) is 5.52 Å². The lowest BCUT2D eigenvalue weighted by atomic mass is 10.1. The van der Waals surface area contributed by atoms with E-state index in [-0.39, 0.29) is 25.2 Å². The largest absolute Gasteiger partial charge is 0.464 e. The molecule has 0 atom stereocenters. The molecule has 5 aromatic rings. The van der Waals surface area contributed by atoms with Crippen LogP contribution < -0.4 is 19.1 Å². The van der Waals surface area contributed by atoms with Crippen LogP contribution in [0.25, 0.3) is 17.2 Å². The van der Waals surface area contributed by atoms with Gasteiger partial charge >= 0.3 is 17.8 Å². The second-order valence-electron chi connectivity index (χ2n) is 12.4. The predicted octanol–water partition coefficient (Wildman–Crippen LogP) is 8.41. The molecule has 4 aromatic carbocycles. The van der Waals surface area contributed by atoms with E-state index in [0.29, 0.717) is 24.9 Å². The van der Waals surface area contributed by atoms with Gasteiger partial charge in [0, 0.05) is 31.3 Å². The lowest BCUT2D eigenvalue weighted by Gasteiger charge is -2.28. The van der Waals surface area contributed by atoms with E-state index >= 15 is 0 Å². The molecule has 0 saturated heterocycles. The van der Waals surface area contributed by atoms with Gasteiger partial charge in [0.1, 0.15) is 6.61 Å². The number of hydrogen-bond acceptors (Lipinski definition) is 8. The quantitative estimate of drug-likeness (QED) is 0.0951. The predicted molar refractivity (Wildman–Crippen MR) is 201 cm³/mol. The van der Waals surface area contributed by atoms with Crippen LogP contribution >= 0.6 is 0 Å². The van der Waals surface area contributed by atoms with Gasteiger partial charge in [-0.2, -0.15) is 4.57 Å². The van der Waals surface area contributed by atoms with E-state index < -0.39 is 0 Å². The molecule has 1 aliphatic carbocycles. The monoisotopic (exact) mass is 694 g/mol. The minimum absolute atomic E-state index is 0.236. The van der Waals surface area contributed by atoms with Crippen LogP contribution in [-0.2, 0) is 25.6 Å². The van der Waals surface area contributed by atoms with Gasteiger partial charge in [-0.05, 0) is 78.6 Å². The summed E-state index contributed by atoms with van der Waals surface area (Å²) in [5.41, 5.74) is 7.99. The molecule has 2 heterocycles. The number of benzene rings is 4. The maximum Gasteiger partial charge on any atom is 0.374 e. The number of aromatic nitrogens is 1. The van der Waals surface area contributed by atoms with E-state index in [1.807, 2.05) is 107 Å². The fourth-order valence-corrected chi connectivity index (χ4v) is 6.61. The van der Waals surface area contributed by atoms with Crippen LogP contribution in [0.15, 0.2) is 155 Å². The summed E-state index contributed by atoms with van der Waals surface area (Å²) in [6.45, 7) is 4.21. The number of para-hydroxylation sites is 6. The lowest BCUT2D eigenvalue weighted by Crippen LogP contribution is -2.37. The first-order valence-corrected chi connectivity index (χ1v) is 17.4. The van der Waals surface area contributed by atoms with Gasteiger partial charge in [0.15, 0.2) is 18.9 Å². The summed E-state index contributed by atoms with van der Waals surface area (Å²) in [7, 11) is 0. The van der Waals surface area contributed by atoms with Gasteiger partial charge in [-0.3, -0.25) is 9.59 Å². The molecule has 0 radical (unpaired) electrons. The molecule has 7 rings (SSSR count). The number of fused-ring (bicyclic) bond motifs is 2. The molecule has 9 nitrogen and oxygen atoms in total. The Morgan fingerprint density at radius 1 is 0.769 bits per heavy atom. The number of hydrogen-bond donors (Lipinski definition) is 0. The number of rotatable bonds is 12.